The Morgan fingerprint density at radius 1 is 1.33 bits per heavy atom. The highest BCUT2D eigenvalue weighted by molar-refractivity contribution is 5.80. The van der Waals surface area contributed by atoms with Gasteiger partial charge in [0, 0.05) is 37.8 Å². The minimum atomic E-state index is 0.270. The van der Waals surface area contributed by atoms with Crippen molar-refractivity contribution >= 4 is 5.96 Å². The smallest absolute Gasteiger partial charge is 0.228 e. The van der Waals surface area contributed by atoms with Crippen molar-refractivity contribution in [1.29, 1.82) is 0 Å². The van der Waals surface area contributed by atoms with Gasteiger partial charge < -0.3 is 15.2 Å². The molecule has 0 saturated carbocycles. The Morgan fingerprint density at radius 2 is 2.19 bits per heavy atom. The van der Waals surface area contributed by atoms with Crippen LogP contribution in [0.2, 0.25) is 0 Å². The lowest BCUT2D eigenvalue weighted by Crippen LogP contribution is -2.47. The van der Waals surface area contributed by atoms with Gasteiger partial charge in [0.25, 0.3) is 0 Å². The predicted octanol–water partition coefficient (Wildman–Crippen LogP) is 1.46. The third-order valence-corrected chi connectivity index (χ3v) is 4.50. The minimum Gasteiger partial charge on any atom is -0.357 e. The zero-order chi connectivity index (χ0) is 19.2. The van der Waals surface area contributed by atoms with Gasteiger partial charge in [-0.25, -0.2) is 9.67 Å². The number of nitrogens with zero attached hydrogens (tertiary/aromatic N) is 6. The van der Waals surface area contributed by atoms with Gasteiger partial charge in [0.15, 0.2) is 17.6 Å². The van der Waals surface area contributed by atoms with Gasteiger partial charge in [0.2, 0.25) is 5.89 Å². The maximum absolute atomic E-state index is 5.28. The molecule has 1 unspecified atom stereocenters. The molecular formula is C18H30N8O. The van der Waals surface area contributed by atoms with Gasteiger partial charge in [0.1, 0.15) is 5.82 Å². The largest absolute Gasteiger partial charge is 0.357 e. The van der Waals surface area contributed by atoms with Crippen molar-refractivity contribution in [3.8, 4) is 0 Å². The van der Waals surface area contributed by atoms with Crippen molar-refractivity contribution in [3.63, 3.8) is 0 Å². The highest BCUT2D eigenvalue weighted by Gasteiger charge is 2.22. The van der Waals surface area contributed by atoms with Crippen LogP contribution in [-0.4, -0.2) is 50.0 Å². The van der Waals surface area contributed by atoms with E-state index in [0.717, 1.165) is 55.8 Å². The SMILES string of the molecule is CCNC(=NCCc1nc(C(C)C)no1)NC1CCc2nc(CC)nn2C1. The minimum absolute atomic E-state index is 0.270. The number of hydrogen-bond donors (Lipinski definition) is 2. The molecule has 0 fully saturated rings. The van der Waals surface area contributed by atoms with Crippen LogP contribution in [0.1, 0.15) is 63.4 Å². The first-order valence-corrected chi connectivity index (χ1v) is 9.88. The lowest BCUT2D eigenvalue weighted by atomic mass is 10.1. The highest BCUT2D eigenvalue weighted by atomic mass is 16.5. The summed E-state index contributed by atoms with van der Waals surface area (Å²) in [5.74, 6) is 4.47. The van der Waals surface area contributed by atoms with Gasteiger partial charge in [0.05, 0.1) is 13.1 Å². The van der Waals surface area contributed by atoms with E-state index >= 15 is 0 Å². The van der Waals surface area contributed by atoms with Crippen LogP contribution >= 0.6 is 0 Å². The molecule has 3 rings (SSSR count). The zero-order valence-electron chi connectivity index (χ0n) is 16.7. The molecule has 0 spiro atoms. The van der Waals surface area contributed by atoms with Gasteiger partial charge >= 0.3 is 0 Å². The second-order valence-corrected chi connectivity index (χ2v) is 7.07. The maximum atomic E-state index is 5.28. The predicted molar refractivity (Wildman–Crippen MR) is 103 cm³/mol. The van der Waals surface area contributed by atoms with E-state index in [0.29, 0.717) is 18.9 Å². The number of hydrogen-bond acceptors (Lipinski definition) is 6. The number of aromatic nitrogens is 5. The molecule has 1 aliphatic heterocycles. The van der Waals surface area contributed by atoms with Crippen molar-refractivity contribution in [1.82, 2.24) is 35.5 Å². The van der Waals surface area contributed by atoms with Crippen LogP contribution in [0.5, 0.6) is 0 Å². The summed E-state index contributed by atoms with van der Waals surface area (Å²) in [5.41, 5.74) is 0. The van der Waals surface area contributed by atoms with Crippen LogP contribution < -0.4 is 10.6 Å². The number of aliphatic imine (C=N–C) groups is 1. The molecule has 2 N–H and O–H groups in total. The monoisotopic (exact) mass is 374 g/mol. The fourth-order valence-corrected chi connectivity index (χ4v) is 3.01. The molecule has 9 heteroatoms. The van der Waals surface area contributed by atoms with E-state index in [9.17, 15) is 0 Å². The van der Waals surface area contributed by atoms with Gasteiger partial charge in [-0.3, -0.25) is 4.99 Å². The van der Waals surface area contributed by atoms with Crippen LogP contribution in [0.3, 0.4) is 0 Å². The van der Waals surface area contributed by atoms with E-state index in [2.05, 4.69) is 49.7 Å². The van der Waals surface area contributed by atoms with Crippen LogP contribution in [0.4, 0.5) is 0 Å². The fraction of sp³-hybridized carbons (Fsp3) is 0.722. The van der Waals surface area contributed by atoms with E-state index in [-0.39, 0.29) is 12.0 Å². The van der Waals surface area contributed by atoms with Crippen molar-refractivity contribution in [2.45, 2.75) is 71.9 Å². The quantitative estimate of drug-likeness (QED) is 0.558. The maximum Gasteiger partial charge on any atom is 0.228 e. The van der Waals surface area contributed by atoms with E-state index in [1.54, 1.807) is 0 Å². The average molecular weight is 374 g/mol. The molecule has 0 bridgehead atoms. The molecule has 0 amide bonds. The summed E-state index contributed by atoms with van der Waals surface area (Å²) in [7, 11) is 0. The first-order chi connectivity index (χ1) is 13.1. The van der Waals surface area contributed by atoms with Gasteiger partial charge in [-0.15, -0.1) is 0 Å². The standard InChI is InChI=1S/C18H30N8O/c1-5-14-22-15-8-7-13(11-26(15)24-14)21-18(19-6-2)20-10-9-16-23-17(12(3)4)25-27-16/h12-13H,5-11H2,1-4H3,(H2,19,20,21). The Hall–Kier alpha value is -2.45. The Bertz CT molecular complexity index is 763. The average Bonchev–Trinajstić information content (AvgIpc) is 3.28. The van der Waals surface area contributed by atoms with Crippen LogP contribution in [-0.2, 0) is 25.8 Å². The second kappa shape index (κ2) is 8.96. The normalized spacial score (nSPS) is 17.2. The van der Waals surface area contributed by atoms with Gasteiger partial charge in [-0.1, -0.05) is 25.9 Å². The number of aryl methyl sites for hydroxylation is 2. The lowest BCUT2D eigenvalue weighted by Gasteiger charge is -2.25. The Morgan fingerprint density at radius 3 is 2.89 bits per heavy atom. The van der Waals surface area contributed by atoms with Crippen LogP contribution in [0.15, 0.2) is 9.52 Å². The summed E-state index contributed by atoms with van der Waals surface area (Å²) >= 11 is 0. The molecule has 27 heavy (non-hydrogen) atoms. The Kier molecular flexibility index (Phi) is 6.41. The fourth-order valence-electron chi connectivity index (χ4n) is 3.01. The number of guanidine groups is 1. The summed E-state index contributed by atoms with van der Waals surface area (Å²) in [6, 6.07) is 0.289. The molecule has 0 aliphatic carbocycles. The third-order valence-electron chi connectivity index (χ3n) is 4.50. The number of rotatable bonds is 7. The van der Waals surface area contributed by atoms with Crippen LogP contribution in [0.25, 0.3) is 0 Å². The summed E-state index contributed by atoms with van der Waals surface area (Å²) in [6.45, 7) is 10.5. The van der Waals surface area contributed by atoms with E-state index in [1.807, 2.05) is 18.5 Å². The van der Waals surface area contributed by atoms with E-state index in [1.165, 1.54) is 0 Å². The first-order valence-electron chi connectivity index (χ1n) is 9.88. The summed E-state index contributed by atoms with van der Waals surface area (Å²) in [5, 5.41) is 15.4. The van der Waals surface area contributed by atoms with Crippen molar-refractivity contribution < 1.29 is 4.52 Å². The molecule has 0 radical (unpaired) electrons. The molecular weight excluding hydrogens is 344 g/mol. The van der Waals surface area contributed by atoms with E-state index in [4.69, 9.17) is 4.52 Å². The summed E-state index contributed by atoms with van der Waals surface area (Å²) in [4.78, 5) is 13.6. The molecule has 9 nitrogen and oxygen atoms in total. The third kappa shape index (κ3) is 5.05. The molecule has 1 atom stereocenters. The van der Waals surface area contributed by atoms with Crippen LogP contribution in [0, 0.1) is 0 Å². The molecule has 0 aromatic carbocycles. The summed E-state index contributed by atoms with van der Waals surface area (Å²) in [6.07, 6.45) is 3.46. The molecule has 1 aliphatic rings. The van der Waals surface area contributed by atoms with Gasteiger partial charge in [-0.05, 0) is 13.3 Å². The molecule has 3 heterocycles. The van der Waals surface area contributed by atoms with E-state index < -0.39 is 0 Å². The lowest BCUT2D eigenvalue weighted by molar-refractivity contribution is 0.372. The summed E-state index contributed by atoms with van der Waals surface area (Å²) < 4.78 is 7.30. The number of fused-ring (bicyclic) bond motifs is 1. The Balaban J connectivity index is 1.55. The highest BCUT2D eigenvalue weighted by Crippen LogP contribution is 2.13. The van der Waals surface area contributed by atoms with Gasteiger partial charge in [-0.2, -0.15) is 10.1 Å². The molecule has 2 aromatic rings. The molecule has 148 valence electrons. The molecule has 0 saturated heterocycles. The molecule has 2 aromatic heterocycles. The number of nitrogens with one attached hydrogen (secondary N) is 2. The second-order valence-electron chi connectivity index (χ2n) is 7.07. The van der Waals surface area contributed by atoms with Crippen molar-refractivity contribution in [3.05, 3.63) is 23.4 Å². The first kappa shape index (κ1) is 19.3. The van der Waals surface area contributed by atoms with Crippen molar-refractivity contribution in [2.24, 2.45) is 4.99 Å². The Labute approximate surface area is 160 Å². The topological polar surface area (TPSA) is 106 Å². The zero-order valence-corrected chi connectivity index (χ0v) is 16.7. The van der Waals surface area contributed by atoms with Crippen molar-refractivity contribution in [2.75, 3.05) is 13.1 Å².